The van der Waals surface area contributed by atoms with Gasteiger partial charge in [-0.2, -0.15) is 0 Å². The van der Waals surface area contributed by atoms with Crippen molar-refractivity contribution in [1.82, 2.24) is 20.4 Å². The summed E-state index contributed by atoms with van der Waals surface area (Å²) in [6.45, 7) is 6.24. The Bertz CT molecular complexity index is 977. The Balaban J connectivity index is 1.57. The smallest absolute Gasteiger partial charge is 0.249 e. The number of nitrogens with two attached hydrogens (primary N) is 1. The molecule has 1 aromatic carbocycles. The number of nitrogens with one attached hydrogen (secondary N) is 3. The summed E-state index contributed by atoms with van der Waals surface area (Å²) in [6.07, 6.45) is 2.02. The number of carbonyl (C=O) groups is 3. The molecule has 3 atom stereocenters. The Labute approximate surface area is 224 Å². The van der Waals surface area contributed by atoms with E-state index in [0.717, 1.165) is 12.8 Å². The van der Waals surface area contributed by atoms with Crippen molar-refractivity contribution >= 4 is 23.7 Å². The third kappa shape index (κ3) is 8.08. The summed E-state index contributed by atoms with van der Waals surface area (Å²) in [5.74, 6) is -0.573. The van der Waals surface area contributed by atoms with Gasteiger partial charge in [-0.05, 0) is 61.6 Å². The van der Waals surface area contributed by atoms with Crippen LogP contribution in [0.2, 0.25) is 0 Å². The van der Waals surface area contributed by atoms with Crippen molar-refractivity contribution in [3.8, 4) is 5.75 Å². The molecule has 0 spiro atoms. The molecule has 2 heterocycles. The first-order valence-electron chi connectivity index (χ1n) is 13.5. The van der Waals surface area contributed by atoms with Crippen molar-refractivity contribution in [2.75, 3.05) is 26.2 Å². The van der Waals surface area contributed by atoms with E-state index in [0.29, 0.717) is 56.9 Å². The first-order chi connectivity index (χ1) is 18.0. The summed E-state index contributed by atoms with van der Waals surface area (Å²) in [5.41, 5.74) is 6.24. The van der Waals surface area contributed by atoms with Crippen LogP contribution in [0.3, 0.4) is 0 Å². The Morgan fingerprint density at radius 2 is 1.76 bits per heavy atom. The van der Waals surface area contributed by atoms with Gasteiger partial charge in [-0.1, -0.05) is 26.0 Å². The lowest BCUT2D eigenvalue weighted by atomic mass is 9.97. The van der Waals surface area contributed by atoms with Gasteiger partial charge in [-0.15, -0.1) is 0 Å². The topological polar surface area (TPSA) is 172 Å². The molecule has 0 saturated carbocycles. The van der Waals surface area contributed by atoms with E-state index in [9.17, 15) is 24.6 Å². The van der Waals surface area contributed by atoms with E-state index in [1.165, 1.54) is 12.1 Å². The standard InChI is InChI=1S/C27H42N6O5/c1-17(2)14-21(31-25(37)23(35)15-18-5-7-20(34)8-6-18)26(38)33-11-3-4-22(33)24(36)30-16-19-9-12-32(13-10-19)27(28)29/h5-8,17,19,21-23,34-35H,3-4,9-16H2,1-2H3,(H3,28,29)(H,30,36)(H,31,37)/t21-,22+,23-/m1/s1. The number of hydrogen-bond acceptors (Lipinski definition) is 6. The SMILES string of the molecule is CC(C)C[C@@H](NC(=O)[C@H](O)Cc1ccc(O)cc1)C(=O)N1CCC[C@H]1C(=O)NCC1CCN(C(=N)N)CC1. The largest absolute Gasteiger partial charge is 0.508 e. The predicted octanol–water partition coefficient (Wildman–Crippen LogP) is 0.539. The van der Waals surface area contributed by atoms with Gasteiger partial charge in [0.1, 0.15) is 23.9 Å². The lowest BCUT2D eigenvalue weighted by Gasteiger charge is -2.33. The van der Waals surface area contributed by atoms with Crippen molar-refractivity contribution < 1.29 is 24.6 Å². The Hall–Kier alpha value is -3.34. The zero-order valence-corrected chi connectivity index (χ0v) is 22.4. The highest BCUT2D eigenvalue weighted by atomic mass is 16.3. The van der Waals surface area contributed by atoms with Crippen LogP contribution < -0.4 is 16.4 Å². The number of piperidine rings is 1. The summed E-state index contributed by atoms with van der Waals surface area (Å²) in [4.78, 5) is 42.8. The quantitative estimate of drug-likeness (QED) is 0.189. The molecule has 0 bridgehead atoms. The molecule has 2 saturated heterocycles. The molecule has 1 aromatic rings. The summed E-state index contributed by atoms with van der Waals surface area (Å²) in [6, 6.07) is 4.79. The highest BCUT2D eigenvalue weighted by Crippen LogP contribution is 2.22. The molecule has 3 amide bonds. The fourth-order valence-corrected chi connectivity index (χ4v) is 5.15. The van der Waals surface area contributed by atoms with E-state index in [1.54, 1.807) is 17.0 Å². The Morgan fingerprint density at radius 1 is 1.11 bits per heavy atom. The number of phenolic OH excluding ortho intramolecular Hbond substituents is 1. The normalized spacial score (nSPS) is 19.7. The number of aromatic hydroxyl groups is 1. The first kappa shape index (κ1) is 29.2. The number of likely N-dealkylation sites (tertiary alicyclic amines) is 2. The van der Waals surface area contributed by atoms with Gasteiger partial charge in [-0.25, -0.2) is 0 Å². The van der Waals surface area contributed by atoms with Gasteiger partial charge in [0.05, 0.1) is 0 Å². The second-order valence-corrected chi connectivity index (χ2v) is 10.8. The van der Waals surface area contributed by atoms with Crippen LogP contribution in [0.4, 0.5) is 0 Å². The first-order valence-corrected chi connectivity index (χ1v) is 13.5. The summed E-state index contributed by atoms with van der Waals surface area (Å²) >= 11 is 0. The maximum atomic E-state index is 13.5. The molecule has 0 aliphatic carbocycles. The molecule has 0 radical (unpaired) electrons. The Kier molecular flexibility index (Phi) is 10.3. The number of aliphatic hydroxyl groups is 1. The molecule has 2 fully saturated rings. The number of phenols is 1. The summed E-state index contributed by atoms with van der Waals surface area (Å²) in [5, 5.41) is 33.2. The maximum Gasteiger partial charge on any atom is 0.249 e. The van der Waals surface area contributed by atoms with Gasteiger partial charge in [0.25, 0.3) is 0 Å². The molecule has 3 rings (SSSR count). The van der Waals surface area contributed by atoms with Crippen molar-refractivity contribution in [2.24, 2.45) is 17.6 Å². The van der Waals surface area contributed by atoms with Gasteiger partial charge in [0, 0.05) is 32.6 Å². The molecule has 7 N–H and O–H groups in total. The molecular formula is C27H42N6O5. The van der Waals surface area contributed by atoms with Crippen molar-refractivity contribution in [3.05, 3.63) is 29.8 Å². The van der Waals surface area contributed by atoms with E-state index in [-0.39, 0.29) is 35.9 Å². The third-order valence-electron chi connectivity index (χ3n) is 7.35. The summed E-state index contributed by atoms with van der Waals surface area (Å²) in [7, 11) is 0. The lowest BCUT2D eigenvalue weighted by Crippen LogP contribution is -2.55. The third-order valence-corrected chi connectivity index (χ3v) is 7.35. The monoisotopic (exact) mass is 530 g/mol. The number of nitrogens with zero attached hydrogens (tertiary/aromatic N) is 2. The second-order valence-electron chi connectivity index (χ2n) is 10.8. The minimum absolute atomic E-state index is 0.0504. The van der Waals surface area contributed by atoms with Crippen LogP contribution in [-0.2, 0) is 20.8 Å². The van der Waals surface area contributed by atoms with Gasteiger partial charge in [-0.3, -0.25) is 19.8 Å². The fourth-order valence-electron chi connectivity index (χ4n) is 5.15. The van der Waals surface area contributed by atoms with E-state index >= 15 is 0 Å². The van der Waals surface area contributed by atoms with E-state index in [2.05, 4.69) is 10.6 Å². The number of carbonyl (C=O) groups excluding carboxylic acids is 3. The molecule has 11 heteroatoms. The van der Waals surface area contributed by atoms with E-state index in [1.807, 2.05) is 18.7 Å². The van der Waals surface area contributed by atoms with E-state index < -0.39 is 24.1 Å². The minimum Gasteiger partial charge on any atom is -0.508 e. The number of aliphatic hydroxyl groups excluding tert-OH is 1. The minimum atomic E-state index is -1.35. The van der Waals surface area contributed by atoms with E-state index in [4.69, 9.17) is 11.1 Å². The maximum absolute atomic E-state index is 13.5. The molecular weight excluding hydrogens is 488 g/mol. The molecule has 38 heavy (non-hydrogen) atoms. The van der Waals surface area contributed by atoms with Crippen LogP contribution >= 0.6 is 0 Å². The van der Waals surface area contributed by atoms with Crippen LogP contribution in [0.5, 0.6) is 5.75 Å². The van der Waals surface area contributed by atoms with Gasteiger partial charge in [0.2, 0.25) is 17.7 Å². The number of rotatable bonds is 10. The van der Waals surface area contributed by atoms with Crippen LogP contribution in [0.25, 0.3) is 0 Å². The zero-order valence-electron chi connectivity index (χ0n) is 22.4. The predicted molar refractivity (Wildman–Crippen MR) is 143 cm³/mol. The van der Waals surface area contributed by atoms with Crippen molar-refractivity contribution in [1.29, 1.82) is 5.41 Å². The Morgan fingerprint density at radius 3 is 2.37 bits per heavy atom. The number of amides is 3. The van der Waals surface area contributed by atoms with Crippen LogP contribution in [0.1, 0.15) is 51.5 Å². The molecule has 0 aromatic heterocycles. The second kappa shape index (κ2) is 13.5. The molecule has 2 aliphatic heterocycles. The zero-order chi connectivity index (χ0) is 27.8. The fraction of sp³-hybridized carbons (Fsp3) is 0.630. The highest BCUT2D eigenvalue weighted by molar-refractivity contribution is 5.93. The van der Waals surface area contributed by atoms with Crippen molar-refractivity contribution in [3.63, 3.8) is 0 Å². The molecule has 2 aliphatic rings. The molecule has 210 valence electrons. The van der Waals surface area contributed by atoms with Crippen LogP contribution in [-0.4, -0.2) is 88.1 Å². The number of hydrogen-bond donors (Lipinski definition) is 6. The van der Waals surface area contributed by atoms with Gasteiger partial charge in [0.15, 0.2) is 5.96 Å². The average Bonchev–Trinajstić information content (AvgIpc) is 3.38. The van der Waals surface area contributed by atoms with Gasteiger partial charge >= 0.3 is 0 Å². The van der Waals surface area contributed by atoms with Crippen molar-refractivity contribution in [2.45, 2.75) is 70.6 Å². The number of benzene rings is 1. The number of guanidine groups is 1. The average molecular weight is 531 g/mol. The molecule has 11 nitrogen and oxygen atoms in total. The van der Waals surface area contributed by atoms with Crippen LogP contribution in [0.15, 0.2) is 24.3 Å². The van der Waals surface area contributed by atoms with Gasteiger partial charge < -0.3 is 36.4 Å². The molecule has 0 unspecified atom stereocenters. The lowest BCUT2D eigenvalue weighted by molar-refractivity contribution is -0.143. The van der Waals surface area contributed by atoms with Crippen LogP contribution in [0, 0.1) is 17.2 Å². The highest BCUT2D eigenvalue weighted by Gasteiger charge is 2.38. The summed E-state index contributed by atoms with van der Waals surface area (Å²) < 4.78 is 0.